The Balaban J connectivity index is 0.00000171. The van der Waals surface area contributed by atoms with E-state index in [1.165, 1.54) is 49.4 Å². The summed E-state index contributed by atoms with van der Waals surface area (Å²) >= 11 is 4.63. The van der Waals surface area contributed by atoms with E-state index in [0.717, 1.165) is 15.4 Å². The van der Waals surface area contributed by atoms with Crippen molar-refractivity contribution in [3.63, 3.8) is 0 Å². The second kappa shape index (κ2) is 13.2. The zero-order chi connectivity index (χ0) is 28.2. The van der Waals surface area contributed by atoms with E-state index in [4.69, 9.17) is 0 Å². The normalized spacial score (nSPS) is 14.2. The minimum Gasteiger partial charge on any atom is -1.00 e. The maximum atomic E-state index is 3.70. The third-order valence-electron chi connectivity index (χ3n) is 8.74. The van der Waals surface area contributed by atoms with Gasteiger partial charge in [-0.2, -0.15) is 0 Å². The van der Waals surface area contributed by atoms with Crippen molar-refractivity contribution in [3.05, 3.63) is 174 Å². The average Bonchev–Trinajstić information content (AvgIpc) is 3.69. The van der Waals surface area contributed by atoms with Gasteiger partial charge in [0, 0.05) is 0 Å². The largest absolute Gasteiger partial charge is 1.00 e. The number of fused-ring (bicyclic) bond motifs is 8. The fraction of sp³-hybridized carbons (Fsp3) is 0.0513. The summed E-state index contributed by atoms with van der Waals surface area (Å²) in [6, 6.07) is 45.5. The van der Waals surface area contributed by atoms with E-state index in [1.807, 2.05) is 0 Å². The van der Waals surface area contributed by atoms with Gasteiger partial charge >= 0.3 is 273 Å². The van der Waals surface area contributed by atoms with E-state index in [1.54, 1.807) is 12.1 Å². The Morgan fingerprint density at radius 1 is 0.591 bits per heavy atom. The first-order valence-electron chi connectivity index (χ1n) is 14.3. The van der Waals surface area contributed by atoms with Crippen LogP contribution in [0.4, 0.5) is 0 Å². The molecule has 1 atom stereocenters. The summed E-state index contributed by atoms with van der Waals surface area (Å²) in [6.45, 7) is 0. The van der Waals surface area contributed by atoms with Gasteiger partial charge in [-0.05, 0) is 0 Å². The first-order valence-corrected chi connectivity index (χ1v) is 19.8. The van der Waals surface area contributed by atoms with E-state index >= 15 is 0 Å². The maximum Gasteiger partial charge on any atom is -1.00 e. The zero-order valence-electron chi connectivity index (χ0n) is 23.6. The van der Waals surface area contributed by atoms with E-state index in [2.05, 4.69) is 171 Å². The van der Waals surface area contributed by atoms with Gasteiger partial charge < -0.3 is 24.8 Å². The molecule has 5 heteroatoms. The van der Waals surface area contributed by atoms with Crippen molar-refractivity contribution in [2.75, 3.05) is 0 Å². The van der Waals surface area contributed by atoms with Crippen molar-refractivity contribution in [1.29, 1.82) is 0 Å². The summed E-state index contributed by atoms with van der Waals surface area (Å²) in [5.74, 6) is 0. The molecule has 44 heavy (non-hydrogen) atoms. The summed E-state index contributed by atoms with van der Waals surface area (Å²) in [5.41, 5.74) is 8.59. The molecule has 6 aromatic rings. The van der Waals surface area contributed by atoms with Gasteiger partial charge in [-0.3, -0.25) is 0 Å². The summed E-state index contributed by atoms with van der Waals surface area (Å²) in [4.78, 5) is 0. The molecule has 0 bridgehead atoms. The zero-order valence-corrected chi connectivity index (χ0v) is 30.7. The Morgan fingerprint density at radius 3 is 1.70 bits per heavy atom. The molecule has 2 aliphatic rings. The van der Waals surface area contributed by atoms with Gasteiger partial charge in [0.1, 0.15) is 0 Å². The smallest absolute Gasteiger partial charge is 1.00 e. The molecule has 0 radical (unpaired) electrons. The van der Waals surface area contributed by atoms with E-state index in [0.29, 0.717) is 3.63 Å². The van der Waals surface area contributed by atoms with Crippen LogP contribution >= 0.6 is 31.9 Å². The number of hydrogen-bond acceptors (Lipinski definition) is 0. The monoisotopic (exact) mass is 812 g/mol. The van der Waals surface area contributed by atoms with Crippen molar-refractivity contribution < 1.29 is 46.1 Å². The standard InChI is InChI=1S/C21H13.C13H8Br2.C5H5.2ClH.Zr/c1-2-8-15-14(7-1)13-20-18-11-4-3-9-16(18)17-10-5-6-12-19(17)21(15)20;14-12-5-1-10(2-6-12)9-11-3-7-13(15)8-4-11;1-2-4-5-3-1;;;/h1-13H;1-8H;1-3H,4H2;2*1H;/q;;;;;+2/p-2. The molecular weight excluding hydrogens is 790 g/mol. The Bertz CT molecular complexity index is 2080. The molecule has 214 valence electrons. The van der Waals surface area contributed by atoms with Crippen LogP contribution in [0, 0.1) is 0 Å². The van der Waals surface area contributed by atoms with Gasteiger partial charge in [0.05, 0.1) is 0 Å². The van der Waals surface area contributed by atoms with Crippen LogP contribution in [0.5, 0.6) is 0 Å². The van der Waals surface area contributed by atoms with Gasteiger partial charge in [0.15, 0.2) is 0 Å². The van der Waals surface area contributed by atoms with Gasteiger partial charge in [-0.15, -0.1) is 0 Å². The first kappa shape index (κ1) is 31.6. The van der Waals surface area contributed by atoms with Crippen molar-refractivity contribution in [2.45, 2.75) is 10.0 Å². The minimum absolute atomic E-state index is 0. The predicted molar refractivity (Wildman–Crippen MR) is 182 cm³/mol. The molecule has 0 N–H and O–H groups in total. The molecule has 8 rings (SSSR count). The summed E-state index contributed by atoms with van der Waals surface area (Å²) in [5, 5.41) is 5.48. The third kappa shape index (κ3) is 5.30. The van der Waals surface area contributed by atoms with Crippen LogP contribution in [0.2, 0.25) is 0 Å². The molecule has 0 saturated heterocycles. The fourth-order valence-corrected chi connectivity index (χ4v) is 16.7. The summed E-state index contributed by atoms with van der Waals surface area (Å²) in [6.07, 6.45) is 8.15. The first-order chi connectivity index (χ1) is 20.7. The molecule has 0 heterocycles. The third-order valence-corrected chi connectivity index (χ3v) is 18.0. The fourth-order valence-electron chi connectivity index (χ4n) is 7.04. The number of allylic oxidation sites excluding steroid dienone is 4. The Kier molecular flexibility index (Phi) is 9.44. The van der Waals surface area contributed by atoms with Crippen molar-refractivity contribution in [2.24, 2.45) is 0 Å². The van der Waals surface area contributed by atoms with Crippen LogP contribution in [0.3, 0.4) is 0 Å². The van der Waals surface area contributed by atoms with Crippen LogP contribution in [0.1, 0.15) is 32.3 Å². The van der Waals surface area contributed by atoms with E-state index in [-0.39, 0.29) is 24.8 Å². The molecule has 0 saturated carbocycles. The van der Waals surface area contributed by atoms with Crippen LogP contribution in [0.25, 0.3) is 32.7 Å². The molecule has 1 unspecified atom stereocenters. The Labute approximate surface area is 295 Å². The molecule has 2 aliphatic carbocycles. The molecule has 0 amide bonds. The van der Waals surface area contributed by atoms with Crippen molar-refractivity contribution in [1.82, 2.24) is 0 Å². The summed E-state index contributed by atoms with van der Waals surface area (Å²) in [7, 11) is 0. The van der Waals surface area contributed by atoms with Crippen molar-refractivity contribution >= 4 is 56.6 Å². The van der Waals surface area contributed by atoms with Gasteiger partial charge in [-0.25, -0.2) is 0 Å². The average molecular weight is 817 g/mol. The quantitative estimate of drug-likeness (QED) is 0.212. The van der Waals surface area contributed by atoms with Crippen LogP contribution in [0.15, 0.2) is 152 Å². The molecule has 0 nitrogen and oxygen atoms in total. The predicted octanol–water partition coefficient (Wildman–Crippen LogP) is 5.33. The van der Waals surface area contributed by atoms with Crippen LogP contribution in [-0.4, -0.2) is 3.21 Å². The topological polar surface area (TPSA) is 0 Å². The Hall–Kier alpha value is -2.39. The van der Waals surface area contributed by atoms with Crippen LogP contribution in [-0.2, 0) is 21.3 Å². The van der Waals surface area contributed by atoms with Gasteiger partial charge in [0.25, 0.3) is 0 Å². The molecular formula is C39H26Br2Cl2Zr. The van der Waals surface area contributed by atoms with E-state index in [9.17, 15) is 0 Å². The molecule has 0 spiro atoms. The SMILES string of the molecule is Brc1ccc([C](c2ccc(Br)cc2)=[Zr+2]([C]2=CC=CC2)[CH]2c3ccccc3-c3c2c2ccccc2c2ccccc32)cc1.[Cl-].[Cl-]. The van der Waals surface area contributed by atoms with Gasteiger partial charge in [0.2, 0.25) is 0 Å². The second-order valence-electron chi connectivity index (χ2n) is 11.0. The number of halogens is 4. The van der Waals surface area contributed by atoms with E-state index < -0.39 is 21.3 Å². The molecule has 0 aromatic heterocycles. The molecule has 0 aliphatic heterocycles. The van der Waals surface area contributed by atoms with Gasteiger partial charge in [-0.1, -0.05) is 0 Å². The number of rotatable bonds is 4. The van der Waals surface area contributed by atoms with Crippen molar-refractivity contribution in [3.8, 4) is 11.1 Å². The second-order valence-corrected chi connectivity index (χ2v) is 19.1. The van der Waals surface area contributed by atoms with Crippen LogP contribution < -0.4 is 24.8 Å². The maximum absolute atomic E-state index is 3.70. The molecule has 0 fully saturated rings. The molecule has 6 aromatic carbocycles. The number of benzene rings is 6. The summed E-state index contributed by atoms with van der Waals surface area (Å²) < 4.78 is 5.81. The number of hydrogen-bond donors (Lipinski definition) is 0. The Morgan fingerprint density at radius 2 is 1.11 bits per heavy atom. The minimum atomic E-state index is -2.77.